The molecule has 0 aromatic heterocycles. The van der Waals surface area contributed by atoms with Crippen molar-refractivity contribution in [1.29, 1.82) is 0 Å². The SMILES string of the molecule is COc1ccc(C(Cl)C2CCOC2)c2ccccc12. The minimum absolute atomic E-state index is 0.00157. The van der Waals surface area contributed by atoms with Crippen LogP contribution in [0, 0.1) is 5.92 Å². The second kappa shape index (κ2) is 5.40. The third-order valence-electron chi connectivity index (χ3n) is 3.81. The molecule has 19 heavy (non-hydrogen) atoms. The molecule has 0 bridgehead atoms. The summed E-state index contributed by atoms with van der Waals surface area (Å²) < 4.78 is 10.9. The van der Waals surface area contributed by atoms with Crippen molar-refractivity contribution in [1.82, 2.24) is 0 Å². The molecular weight excluding hydrogens is 260 g/mol. The van der Waals surface area contributed by atoms with Gasteiger partial charge in [-0.2, -0.15) is 0 Å². The fourth-order valence-electron chi connectivity index (χ4n) is 2.75. The number of rotatable bonds is 3. The molecule has 1 heterocycles. The van der Waals surface area contributed by atoms with Gasteiger partial charge in [-0.15, -0.1) is 11.6 Å². The Hall–Kier alpha value is -1.25. The van der Waals surface area contributed by atoms with E-state index >= 15 is 0 Å². The standard InChI is InChI=1S/C16H17ClO2/c1-18-15-7-6-14(12-4-2-3-5-13(12)15)16(17)11-8-9-19-10-11/h2-7,11,16H,8-10H2,1H3. The van der Waals surface area contributed by atoms with E-state index in [2.05, 4.69) is 18.2 Å². The monoisotopic (exact) mass is 276 g/mol. The second-order valence-corrected chi connectivity index (χ2v) is 5.40. The van der Waals surface area contributed by atoms with Crippen LogP contribution in [0.5, 0.6) is 5.75 Å². The van der Waals surface area contributed by atoms with Crippen LogP contribution in [-0.4, -0.2) is 20.3 Å². The topological polar surface area (TPSA) is 18.5 Å². The normalized spacial score (nSPS) is 20.6. The van der Waals surface area contributed by atoms with Crippen LogP contribution >= 0.6 is 11.6 Å². The Morgan fingerprint density at radius 1 is 1.21 bits per heavy atom. The first-order valence-corrected chi connectivity index (χ1v) is 7.02. The molecule has 1 aliphatic heterocycles. The van der Waals surface area contributed by atoms with Crippen molar-refractivity contribution in [2.75, 3.05) is 20.3 Å². The zero-order valence-electron chi connectivity index (χ0n) is 10.9. The van der Waals surface area contributed by atoms with Crippen molar-refractivity contribution in [3.05, 3.63) is 42.0 Å². The lowest BCUT2D eigenvalue weighted by molar-refractivity contribution is 0.185. The molecule has 3 heteroatoms. The Balaban J connectivity index is 2.08. The smallest absolute Gasteiger partial charge is 0.126 e. The lowest BCUT2D eigenvalue weighted by atomic mass is 9.93. The van der Waals surface area contributed by atoms with Gasteiger partial charge in [-0.05, 0) is 23.4 Å². The summed E-state index contributed by atoms with van der Waals surface area (Å²) in [5.74, 6) is 1.30. The lowest BCUT2D eigenvalue weighted by Crippen LogP contribution is -2.08. The van der Waals surface area contributed by atoms with Crippen molar-refractivity contribution in [2.45, 2.75) is 11.8 Å². The predicted molar refractivity (Wildman–Crippen MR) is 78.0 cm³/mol. The minimum Gasteiger partial charge on any atom is -0.496 e. The average Bonchev–Trinajstić information content (AvgIpc) is 2.99. The molecule has 0 saturated carbocycles. The molecule has 2 nitrogen and oxygen atoms in total. The Morgan fingerprint density at radius 3 is 2.68 bits per heavy atom. The summed E-state index contributed by atoms with van der Waals surface area (Å²) in [6.07, 6.45) is 1.04. The summed E-state index contributed by atoms with van der Waals surface area (Å²) in [7, 11) is 1.70. The summed E-state index contributed by atoms with van der Waals surface area (Å²) in [6, 6.07) is 12.3. The van der Waals surface area contributed by atoms with E-state index in [0.29, 0.717) is 5.92 Å². The van der Waals surface area contributed by atoms with Gasteiger partial charge in [0.1, 0.15) is 5.75 Å². The van der Waals surface area contributed by atoms with Gasteiger partial charge in [0.05, 0.1) is 19.1 Å². The first-order valence-electron chi connectivity index (χ1n) is 6.58. The lowest BCUT2D eigenvalue weighted by Gasteiger charge is -2.19. The molecule has 0 N–H and O–H groups in total. The maximum absolute atomic E-state index is 6.67. The molecule has 0 spiro atoms. The summed E-state index contributed by atoms with van der Waals surface area (Å²) in [5.41, 5.74) is 1.17. The number of benzene rings is 2. The van der Waals surface area contributed by atoms with E-state index in [4.69, 9.17) is 21.1 Å². The quantitative estimate of drug-likeness (QED) is 0.784. The molecule has 2 aromatic carbocycles. The molecule has 0 amide bonds. The van der Waals surface area contributed by atoms with Crippen LogP contribution in [-0.2, 0) is 4.74 Å². The predicted octanol–water partition coefficient (Wildman–Crippen LogP) is 4.16. The van der Waals surface area contributed by atoms with Crippen molar-refractivity contribution >= 4 is 22.4 Å². The van der Waals surface area contributed by atoms with Crippen LogP contribution in [0.4, 0.5) is 0 Å². The summed E-state index contributed by atoms with van der Waals surface area (Å²) in [6.45, 7) is 1.58. The Labute approximate surface area is 118 Å². The van der Waals surface area contributed by atoms with Gasteiger partial charge in [0.15, 0.2) is 0 Å². The third kappa shape index (κ3) is 2.31. The fraction of sp³-hybridized carbons (Fsp3) is 0.375. The van der Waals surface area contributed by atoms with E-state index in [1.807, 2.05) is 18.2 Å². The highest BCUT2D eigenvalue weighted by atomic mass is 35.5. The van der Waals surface area contributed by atoms with E-state index in [9.17, 15) is 0 Å². The van der Waals surface area contributed by atoms with Crippen LogP contribution in [0.15, 0.2) is 36.4 Å². The summed E-state index contributed by atoms with van der Waals surface area (Å²) >= 11 is 6.67. The maximum atomic E-state index is 6.67. The van der Waals surface area contributed by atoms with Gasteiger partial charge in [-0.25, -0.2) is 0 Å². The van der Waals surface area contributed by atoms with E-state index in [-0.39, 0.29) is 5.38 Å². The van der Waals surface area contributed by atoms with Crippen LogP contribution in [0.1, 0.15) is 17.4 Å². The summed E-state index contributed by atoms with van der Waals surface area (Å²) in [5, 5.41) is 2.29. The number of halogens is 1. The van der Waals surface area contributed by atoms with Gasteiger partial charge >= 0.3 is 0 Å². The number of ether oxygens (including phenoxy) is 2. The molecule has 3 rings (SSSR count). The first-order chi connectivity index (χ1) is 9.31. The minimum atomic E-state index is -0.00157. The van der Waals surface area contributed by atoms with Crippen LogP contribution in [0.2, 0.25) is 0 Å². The van der Waals surface area contributed by atoms with Crippen LogP contribution in [0.3, 0.4) is 0 Å². The van der Waals surface area contributed by atoms with E-state index in [1.54, 1.807) is 7.11 Å². The molecule has 1 aliphatic rings. The molecule has 0 aliphatic carbocycles. The van der Waals surface area contributed by atoms with Gasteiger partial charge in [0.2, 0.25) is 0 Å². The van der Waals surface area contributed by atoms with Crippen LogP contribution in [0.25, 0.3) is 10.8 Å². The Bertz CT molecular complexity index is 576. The number of alkyl halides is 1. The van der Waals surface area contributed by atoms with Crippen LogP contribution < -0.4 is 4.74 Å². The average molecular weight is 277 g/mol. The third-order valence-corrected chi connectivity index (χ3v) is 4.41. The fourth-order valence-corrected chi connectivity index (χ4v) is 3.14. The van der Waals surface area contributed by atoms with Gasteiger partial charge in [0.25, 0.3) is 0 Å². The Kier molecular flexibility index (Phi) is 3.63. The van der Waals surface area contributed by atoms with Gasteiger partial charge in [-0.3, -0.25) is 0 Å². The number of fused-ring (bicyclic) bond motifs is 1. The van der Waals surface area contributed by atoms with Crippen molar-refractivity contribution in [3.8, 4) is 5.75 Å². The molecular formula is C16H17ClO2. The molecule has 1 fully saturated rings. The molecule has 0 radical (unpaired) electrons. The number of hydrogen-bond acceptors (Lipinski definition) is 2. The highest BCUT2D eigenvalue weighted by Crippen LogP contribution is 2.39. The maximum Gasteiger partial charge on any atom is 0.126 e. The van der Waals surface area contributed by atoms with Gasteiger partial charge in [-0.1, -0.05) is 30.3 Å². The molecule has 2 unspecified atom stereocenters. The summed E-state index contributed by atoms with van der Waals surface area (Å²) in [4.78, 5) is 0. The molecule has 100 valence electrons. The number of hydrogen-bond donors (Lipinski definition) is 0. The van der Waals surface area contributed by atoms with E-state index in [1.165, 1.54) is 10.9 Å². The zero-order valence-corrected chi connectivity index (χ0v) is 11.7. The highest BCUT2D eigenvalue weighted by Gasteiger charge is 2.26. The van der Waals surface area contributed by atoms with Gasteiger partial charge < -0.3 is 9.47 Å². The van der Waals surface area contributed by atoms with E-state index in [0.717, 1.165) is 30.8 Å². The Morgan fingerprint density at radius 2 is 2.00 bits per heavy atom. The second-order valence-electron chi connectivity index (χ2n) is 4.93. The van der Waals surface area contributed by atoms with Crippen molar-refractivity contribution in [2.24, 2.45) is 5.92 Å². The largest absolute Gasteiger partial charge is 0.496 e. The molecule has 2 atom stereocenters. The van der Waals surface area contributed by atoms with Crippen molar-refractivity contribution in [3.63, 3.8) is 0 Å². The van der Waals surface area contributed by atoms with E-state index < -0.39 is 0 Å². The first kappa shape index (κ1) is 12.8. The molecule has 2 aromatic rings. The van der Waals surface area contributed by atoms with Crippen molar-refractivity contribution < 1.29 is 9.47 Å². The zero-order chi connectivity index (χ0) is 13.2. The highest BCUT2D eigenvalue weighted by molar-refractivity contribution is 6.22. The molecule has 1 saturated heterocycles. The number of methoxy groups -OCH3 is 1. The van der Waals surface area contributed by atoms with Gasteiger partial charge in [0, 0.05) is 17.9 Å².